The van der Waals surface area contributed by atoms with Gasteiger partial charge in [-0.1, -0.05) is 36.4 Å². The van der Waals surface area contributed by atoms with Crippen LogP contribution in [0.5, 0.6) is 0 Å². The molecular weight excluding hydrogens is 755 g/mol. The van der Waals surface area contributed by atoms with Gasteiger partial charge in [-0.2, -0.15) is 0 Å². The minimum absolute atomic E-state index is 0.00414. The zero-order chi connectivity index (χ0) is 41.7. The van der Waals surface area contributed by atoms with Crippen molar-refractivity contribution < 1.29 is 28.8 Å². The number of likely N-dealkylation sites (tertiary alicyclic amines) is 1. The predicted molar refractivity (Wildman–Crippen MR) is 225 cm³/mol. The van der Waals surface area contributed by atoms with Gasteiger partial charge in [0.15, 0.2) is 0 Å². The molecule has 4 atom stereocenters. The number of hydrogen-bond donors (Lipinski definition) is 5. The highest BCUT2D eigenvalue weighted by Crippen LogP contribution is 2.36. The van der Waals surface area contributed by atoms with Crippen molar-refractivity contribution in [2.24, 2.45) is 11.5 Å². The second-order valence-corrected chi connectivity index (χ2v) is 17.7. The summed E-state index contributed by atoms with van der Waals surface area (Å²) in [6, 6.07) is 15.1. The quantitative estimate of drug-likeness (QED) is 0.173. The molecule has 2 aliphatic heterocycles. The van der Waals surface area contributed by atoms with Gasteiger partial charge in [-0.25, -0.2) is 0 Å². The molecule has 0 radical (unpaired) electrons. The Morgan fingerprint density at radius 3 is 2.33 bits per heavy atom. The molecule has 6 amide bonds. The van der Waals surface area contributed by atoms with Gasteiger partial charge in [-0.15, -0.1) is 11.8 Å². The molecule has 7 N–H and O–H groups in total. The summed E-state index contributed by atoms with van der Waals surface area (Å²) in [6.07, 6.45) is 5.76. The third kappa shape index (κ3) is 9.39. The number of likely N-dealkylation sites (N-methyl/N-ethyl adjacent to an activating group) is 1. The van der Waals surface area contributed by atoms with Crippen molar-refractivity contribution in [1.82, 2.24) is 25.8 Å². The third-order valence-corrected chi connectivity index (χ3v) is 13.2. The van der Waals surface area contributed by atoms with Gasteiger partial charge in [0.05, 0.1) is 17.8 Å². The predicted octanol–water partition coefficient (Wildman–Crippen LogP) is 3.62. The zero-order valence-corrected chi connectivity index (χ0v) is 34.6. The molecule has 308 valence electrons. The monoisotopic (exact) mass is 809 g/mol. The fourth-order valence-electron chi connectivity index (χ4n) is 8.20. The first-order valence-corrected chi connectivity index (χ1v) is 21.1. The Morgan fingerprint density at radius 2 is 1.62 bits per heavy atom. The van der Waals surface area contributed by atoms with Gasteiger partial charge < -0.3 is 37.2 Å². The maximum absolute atomic E-state index is 15.3. The molecule has 3 aromatic carbocycles. The molecule has 13 nitrogen and oxygen atoms in total. The topological polar surface area (TPSA) is 197 Å². The van der Waals surface area contributed by atoms with E-state index in [2.05, 4.69) is 22.0 Å². The van der Waals surface area contributed by atoms with E-state index in [1.165, 1.54) is 40.4 Å². The minimum atomic E-state index is -1.13. The van der Waals surface area contributed by atoms with Crippen LogP contribution in [0.1, 0.15) is 102 Å². The number of hydrogen-bond acceptors (Lipinski definition) is 8. The number of carbonyl (C=O) groups excluding carboxylic acids is 6. The molecule has 2 heterocycles. The molecule has 0 unspecified atom stereocenters. The summed E-state index contributed by atoms with van der Waals surface area (Å²) < 4.78 is -0.983. The first kappa shape index (κ1) is 42.4. The molecule has 0 spiro atoms. The van der Waals surface area contributed by atoms with Crippen molar-refractivity contribution in [2.45, 2.75) is 101 Å². The Morgan fingerprint density at radius 1 is 0.879 bits per heavy atom. The van der Waals surface area contributed by atoms with Gasteiger partial charge in [0, 0.05) is 41.9 Å². The van der Waals surface area contributed by atoms with E-state index < -0.39 is 46.5 Å². The molecule has 1 saturated heterocycles. The molecule has 3 aliphatic rings. The Bertz CT molecular complexity index is 2080. The average Bonchev–Trinajstić information content (AvgIpc) is 3.23. The van der Waals surface area contributed by atoms with Gasteiger partial charge in [0.2, 0.25) is 35.4 Å². The van der Waals surface area contributed by atoms with E-state index in [1.807, 2.05) is 49.1 Å². The zero-order valence-electron chi connectivity index (χ0n) is 33.8. The lowest BCUT2D eigenvalue weighted by Gasteiger charge is -2.42. The SMILES string of the molecule is CN[C@@H](C)C(=O)N[C@H](C(=O)N1Cc2cc(-c3cc(C(N)=O)ccc3C(N)=O)ccc2C[C@H]1C(=O)N[C@@H]1CCCc2ccccc21)C(C)(C)SCC(=O)N1CCCCC1. The summed E-state index contributed by atoms with van der Waals surface area (Å²) in [5.74, 6) is -2.42. The number of nitrogens with one attached hydrogen (secondary N) is 3. The fourth-order valence-corrected chi connectivity index (χ4v) is 9.21. The number of nitrogens with zero attached hydrogens (tertiary/aromatic N) is 2. The van der Waals surface area contributed by atoms with E-state index in [0.29, 0.717) is 24.2 Å². The van der Waals surface area contributed by atoms with Gasteiger partial charge in [0.1, 0.15) is 12.1 Å². The molecular formula is C44H55N7O6S. The van der Waals surface area contributed by atoms with Crippen molar-refractivity contribution in [3.05, 3.63) is 94.0 Å². The van der Waals surface area contributed by atoms with Crippen molar-refractivity contribution in [3.8, 4) is 11.1 Å². The maximum Gasteiger partial charge on any atom is 0.249 e. The van der Waals surface area contributed by atoms with Crippen LogP contribution < -0.4 is 27.4 Å². The van der Waals surface area contributed by atoms with Crippen molar-refractivity contribution in [3.63, 3.8) is 0 Å². The van der Waals surface area contributed by atoms with Crippen molar-refractivity contribution in [2.75, 3.05) is 25.9 Å². The van der Waals surface area contributed by atoms with Crippen LogP contribution in [0.25, 0.3) is 11.1 Å². The summed E-state index contributed by atoms with van der Waals surface area (Å²) in [5.41, 5.74) is 16.5. The molecule has 1 fully saturated rings. The Hall–Kier alpha value is -5.21. The van der Waals surface area contributed by atoms with Gasteiger partial charge in [-0.05, 0) is 124 Å². The summed E-state index contributed by atoms with van der Waals surface area (Å²) >= 11 is 1.31. The minimum Gasteiger partial charge on any atom is -0.366 e. The number of amides is 6. The number of piperidine rings is 1. The first-order chi connectivity index (χ1) is 27.7. The van der Waals surface area contributed by atoms with Crippen LogP contribution in [-0.2, 0) is 38.6 Å². The van der Waals surface area contributed by atoms with E-state index in [1.54, 1.807) is 20.0 Å². The first-order valence-electron chi connectivity index (χ1n) is 20.1. The average molecular weight is 810 g/mol. The number of fused-ring (bicyclic) bond motifs is 2. The summed E-state index contributed by atoms with van der Waals surface area (Å²) in [5, 5.41) is 9.21. The van der Waals surface area contributed by atoms with Crippen LogP contribution >= 0.6 is 11.8 Å². The van der Waals surface area contributed by atoms with Gasteiger partial charge >= 0.3 is 0 Å². The van der Waals surface area contributed by atoms with E-state index in [4.69, 9.17) is 11.5 Å². The highest BCUT2D eigenvalue weighted by atomic mass is 32.2. The van der Waals surface area contributed by atoms with E-state index in [9.17, 15) is 24.0 Å². The molecule has 0 aromatic heterocycles. The standard InChI is InChI=1S/C44H55N7O6S/c1-26(47-4)41(55)49-38(44(2,3)58-25-37(52)50-19-8-5-9-20-50)43(57)51-24-31-21-29(34-22-30(39(45)53)17-18-33(34)40(46)54)16-15-28(31)23-36(51)42(56)48-35-14-10-12-27-11-6-7-13-32(27)35/h6-7,11,13,15-18,21-22,26,35-36,38,47H,5,8-10,12,14,19-20,23-25H2,1-4H3,(H2,45,53)(H2,46,54)(H,48,56)(H,49,55)/t26-,35+,36-,38+/m0/s1. The second kappa shape index (κ2) is 18.2. The number of rotatable bonds is 13. The summed E-state index contributed by atoms with van der Waals surface area (Å²) in [4.78, 5) is 84.8. The van der Waals surface area contributed by atoms with Crippen molar-refractivity contribution in [1.29, 1.82) is 0 Å². The number of benzene rings is 3. The second-order valence-electron chi connectivity index (χ2n) is 16.1. The molecule has 0 bridgehead atoms. The number of aryl methyl sites for hydroxylation is 1. The molecule has 3 aromatic rings. The lowest BCUT2D eigenvalue weighted by Crippen LogP contribution is -2.63. The van der Waals surface area contributed by atoms with Crippen LogP contribution in [0.15, 0.2) is 60.7 Å². The summed E-state index contributed by atoms with van der Waals surface area (Å²) in [6.45, 7) is 6.78. The third-order valence-electron chi connectivity index (χ3n) is 11.8. The number of carbonyl (C=O) groups is 6. The molecule has 6 rings (SSSR count). The lowest BCUT2D eigenvalue weighted by molar-refractivity contribution is -0.145. The van der Waals surface area contributed by atoms with Crippen LogP contribution in [0.3, 0.4) is 0 Å². The molecule has 14 heteroatoms. The molecule has 0 saturated carbocycles. The highest BCUT2D eigenvalue weighted by Gasteiger charge is 2.45. The van der Waals surface area contributed by atoms with E-state index >= 15 is 4.79 Å². The van der Waals surface area contributed by atoms with Crippen LogP contribution in [-0.4, -0.2) is 94.0 Å². The number of thioether (sulfide) groups is 1. The largest absolute Gasteiger partial charge is 0.366 e. The van der Waals surface area contributed by atoms with Crippen LogP contribution in [0, 0.1) is 0 Å². The normalized spacial score (nSPS) is 18.9. The Kier molecular flexibility index (Phi) is 13.3. The lowest BCUT2D eigenvalue weighted by atomic mass is 9.86. The Balaban J connectivity index is 1.38. The number of nitrogens with two attached hydrogens (primary N) is 2. The summed E-state index contributed by atoms with van der Waals surface area (Å²) in [7, 11) is 1.66. The molecule has 1 aliphatic carbocycles. The van der Waals surface area contributed by atoms with Crippen LogP contribution in [0.2, 0.25) is 0 Å². The van der Waals surface area contributed by atoms with Gasteiger partial charge in [0.25, 0.3) is 0 Å². The van der Waals surface area contributed by atoms with Crippen molar-refractivity contribution >= 4 is 47.2 Å². The van der Waals surface area contributed by atoms with E-state index in [0.717, 1.165) is 55.2 Å². The fraction of sp³-hybridized carbons (Fsp3) is 0.455. The van der Waals surface area contributed by atoms with Gasteiger partial charge in [-0.3, -0.25) is 28.8 Å². The van der Waals surface area contributed by atoms with Crippen LogP contribution in [0.4, 0.5) is 0 Å². The van der Waals surface area contributed by atoms with E-state index in [-0.39, 0.29) is 47.7 Å². The number of primary amides is 2. The molecule has 58 heavy (non-hydrogen) atoms. The smallest absolute Gasteiger partial charge is 0.249 e. The highest BCUT2D eigenvalue weighted by molar-refractivity contribution is 8.01. The Labute approximate surface area is 344 Å². The maximum atomic E-state index is 15.3.